The molecule has 0 aliphatic rings. The van der Waals surface area contributed by atoms with E-state index in [2.05, 4.69) is 50.6 Å². The van der Waals surface area contributed by atoms with Crippen LogP contribution < -0.4 is 11.1 Å². The topological polar surface area (TPSA) is 81.4 Å². The molecule has 1 aromatic rings. The summed E-state index contributed by atoms with van der Waals surface area (Å²) in [5, 5.41) is 2.79. The molecule has 0 spiro atoms. The Hall–Kier alpha value is -2.10. The van der Waals surface area contributed by atoms with Crippen molar-refractivity contribution in [1.82, 2.24) is 5.32 Å². The number of primary amides is 1. The Bertz CT molecular complexity index is 684. The number of hydrogen-bond acceptors (Lipinski definition) is 3. The molecule has 2 atom stereocenters. The van der Waals surface area contributed by atoms with Gasteiger partial charge in [0.2, 0.25) is 5.91 Å². The molecule has 3 N–H and O–H groups in total. The number of methoxy groups -OCH3 is 1. The van der Waals surface area contributed by atoms with E-state index in [1.165, 1.54) is 7.11 Å². The predicted octanol–water partition coefficient (Wildman–Crippen LogP) is 2.79. The molecule has 0 aliphatic carbocycles. The van der Waals surface area contributed by atoms with Gasteiger partial charge in [0.1, 0.15) is 14.1 Å². The zero-order valence-electron chi connectivity index (χ0n) is 16.6. The van der Waals surface area contributed by atoms with Crippen molar-refractivity contribution in [2.75, 3.05) is 7.11 Å². The molecule has 6 heteroatoms. The number of hydrogen-bond donors (Lipinski definition) is 2. The Kier molecular flexibility index (Phi) is 7.61. The second-order valence-electron chi connectivity index (χ2n) is 7.87. The van der Waals surface area contributed by atoms with Crippen LogP contribution in [0.1, 0.15) is 38.9 Å². The van der Waals surface area contributed by atoms with E-state index < -0.39 is 32.0 Å². The maximum atomic E-state index is 12.5. The number of rotatable bonds is 6. The normalized spacial score (nSPS) is 13.9. The molecule has 0 saturated carbocycles. The Morgan fingerprint density at radius 1 is 1.23 bits per heavy atom. The summed E-state index contributed by atoms with van der Waals surface area (Å²) in [6.07, 6.45) is -0.606. The van der Waals surface area contributed by atoms with Crippen molar-refractivity contribution in [3.05, 3.63) is 35.9 Å². The van der Waals surface area contributed by atoms with Gasteiger partial charge in [0, 0.05) is 13.5 Å². The van der Waals surface area contributed by atoms with Crippen LogP contribution in [0.4, 0.5) is 0 Å². The van der Waals surface area contributed by atoms with Crippen molar-refractivity contribution >= 4 is 19.9 Å². The molecule has 0 saturated heterocycles. The summed E-state index contributed by atoms with van der Waals surface area (Å²) in [5.41, 5.74) is 9.49. The summed E-state index contributed by atoms with van der Waals surface area (Å²) >= 11 is 0. The number of nitrogens with two attached hydrogens (primary N) is 1. The smallest absolute Gasteiger partial charge is 0.254 e. The zero-order valence-corrected chi connectivity index (χ0v) is 17.6. The summed E-state index contributed by atoms with van der Waals surface area (Å²) in [5.74, 6) is 2.06. The fourth-order valence-corrected chi connectivity index (χ4v) is 2.97. The summed E-state index contributed by atoms with van der Waals surface area (Å²) in [7, 11) is -0.326. The minimum absolute atomic E-state index is 0.125. The number of carbonyl (C=O) groups is 2. The lowest BCUT2D eigenvalue weighted by molar-refractivity contribution is -0.134. The van der Waals surface area contributed by atoms with Crippen LogP contribution >= 0.6 is 0 Å². The first kappa shape index (κ1) is 21.9. The number of nitrogens with one attached hydrogen (secondary N) is 1. The number of carbonyl (C=O) groups excluding carboxylic acids is 2. The number of benzene rings is 1. The highest BCUT2D eigenvalue weighted by molar-refractivity contribution is 6.87. The third kappa shape index (κ3) is 6.01. The maximum Gasteiger partial charge on any atom is 0.254 e. The van der Waals surface area contributed by atoms with Crippen molar-refractivity contribution < 1.29 is 14.3 Å². The molecular formula is C20H30N2O3Si. The quantitative estimate of drug-likeness (QED) is 0.593. The van der Waals surface area contributed by atoms with E-state index in [0.717, 1.165) is 0 Å². The average Bonchev–Trinajstić information content (AvgIpc) is 2.54. The summed E-state index contributed by atoms with van der Waals surface area (Å²) < 4.78 is 5.29. The second kappa shape index (κ2) is 9.02. The maximum absolute atomic E-state index is 12.5. The van der Waals surface area contributed by atoms with E-state index in [-0.39, 0.29) is 11.5 Å². The molecule has 0 aromatic heterocycles. The first-order chi connectivity index (χ1) is 12.0. The Labute approximate surface area is 157 Å². The molecule has 0 bridgehead atoms. The van der Waals surface area contributed by atoms with Crippen molar-refractivity contribution in [3.63, 3.8) is 0 Å². The van der Waals surface area contributed by atoms with Gasteiger partial charge in [0.25, 0.3) is 5.91 Å². The second-order valence-corrected chi connectivity index (χ2v) is 12.9. The fourth-order valence-electron chi connectivity index (χ4n) is 2.05. The van der Waals surface area contributed by atoms with E-state index in [9.17, 15) is 9.59 Å². The van der Waals surface area contributed by atoms with E-state index in [4.69, 9.17) is 10.5 Å². The SMILES string of the molecule is CO[C@@H](C(=O)N[C@H](CC#C[Si](C)(C)C(C)(C)C)C(N)=O)c1ccccc1. The molecule has 1 rings (SSSR count). The van der Waals surface area contributed by atoms with Crippen LogP contribution in [-0.2, 0) is 14.3 Å². The van der Waals surface area contributed by atoms with Crippen LogP contribution in [0.15, 0.2) is 30.3 Å². The first-order valence-electron chi connectivity index (χ1n) is 8.67. The molecular weight excluding hydrogens is 344 g/mol. The summed E-state index contributed by atoms with van der Waals surface area (Å²) in [4.78, 5) is 24.3. The van der Waals surface area contributed by atoms with Gasteiger partial charge >= 0.3 is 0 Å². The predicted molar refractivity (Wildman–Crippen MR) is 107 cm³/mol. The third-order valence-corrected chi connectivity index (χ3v) is 9.37. The van der Waals surface area contributed by atoms with Crippen molar-refractivity contribution in [1.29, 1.82) is 0 Å². The minimum Gasteiger partial charge on any atom is -0.368 e. The minimum atomic E-state index is -1.78. The van der Waals surface area contributed by atoms with Gasteiger partial charge in [-0.05, 0) is 10.6 Å². The van der Waals surface area contributed by atoms with Crippen molar-refractivity contribution in [2.24, 2.45) is 5.73 Å². The van der Waals surface area contributed by atoms with Crippen LogP contribution in [0.2, 0.25) is 18.1 Å². The van der Waals surface area contributed by atoms with Crippen molar-refractivity contribution in [2.45, 2.75) is 57.5 Å². The third-order valence-electron chi connectivity index (χ3n) is 4.82. The Morgan fingerprint density at radius 3 is 2.27 bits per heavy atom. The van der Waals surface area contributed by atoms with Gasteiger partial charge in [-0.25, -0.2) is 0 Å². The fraction of sp³-hybridized carbons (Fsp3) is 0.500. The van der Waals surface area contributed by atoms with Gasteiger partial charge in [0.15, 0.2) is 6.10 Å². The molecule has 26 heavy (non-hydrogen) atoms. The molecule has 1 aromatic carbocycles. The van der Waals surface area contributed by atoms with Gasteiger partial charge in [-0.15, -0.1) is 11.5 Å². The van der Waals surface area contributed by atoms with Gasteiger partial charge in [-0.3, -0.25) is 9.59 Å². The van der Waals surface area contributed by atoms with Gasteiger partial charge < -0.3 is 15.8 Å². The van der Waals surface area contributed by atoms with Gasteiger partial charge in [-0.1, -0.05) is 64.2 Å². The zero-order chi connectivity index (χ0) is 20.0. The van der Waals surface area contributed by atoms with E-state index in [1.807, 2.05) is 18.2 Å². The highest BCUT2D eigenvalue weighted by Gasteiger charge is 2.33. The largest absolute Gasteiger partial charge is 0.368 e. The molecule has 0 heterocycles. The average molecular weight is 375 g/mol. The standard InChI is InChI=1S/C20H30N2O3Si/c1-20(2,3)26(5,6)14-10-13-16(18(21)23)22-19(24)17(25-4)15-11-8-7-9-12-15/h7-9,11-12,16-17H,13H2,1-6H3,(H2,21,23)(H,22,24)/t16-,17-/m1/s1. The van der Waals surface area contributed by atoms with Crippen LogP contribution in [0, 0.1) is 11.5 Å². The number of ether oxygens (including phenoxy) is 1. The lowest BCUT2D eigenvalue weighted by Crippen LogP contribution is -2.46. The Morgan fingerprint density at radius 2 is 1.81 bits per heavy atom. The molecule has 0 unspecified atom stereocenters. The van der Waals surface area contributed by atoms with Gasteiger partial charge in [0.05, 0.1) is 0 Å². The molecule has 5 nitrogen and oxygen atoms in total. The summed E-state index contributed by atoms with van der Waals surface area (Å²) in [6.45, 7) is 10.9. The Balaban J connectivity index is 2.86. The molecule has 0 aliphatic heterocycles. The highest BCUT2D eigenvalue weighted by Crippen LogP contribution is 2.35. The number of amides is 2. The summed E-state index contributed by atoms with van der Waals surface area (Å²) in [6, 6.07) is 8.25. The van der Waals surface area contributed by atoms with Crippen molar-refractivity contribution in [3.8, 4) is 11.5 Å². The van der Waals surface area contributed by atoms with E-state index in [1.54, 1.807) is 12.1 Å². The van der Waals surface area contributed by atoms with Crippen LogP contribution in [0.3, 0.4) is 0 Å². The molecule has 2 amide bonds. The van der Waals surface area contributed by atoms with Gasteiger partial charge in [-0.2, -0.15) is 0 Å². The lowest BCUT2D eigenvalue weighted by Gasteiger charge is -2.31. The van der Waals surface area contributed by atoms with Crippen LogP contribution in [-0.4, -0.2) is 33.0 Å². The first-order valence-corrected chi connectivity index (χ1v) is 11.7. The molecule has 0 radical (unpaired) electrons. The lowest BCUT2D eigenvalue weighted by atomic mass is 10.1. The van der Waals surface area contributed by atoms with E-state index >= 15 is 0 Å². The van der Waals surface area contributed by atoms with Crippen LogP contribution in [0.25, 0.3) is 0 Å². The molecule has 142 valence electrons. The van der Waals surface area contributed by atoms with Crippen LogP contribution in [0.5, 0.6) is 0 Å². The highest BCUT2D eigenvalue weighted by atomic mass is 28.3. The van der Waals surface area contributed by atoms with E-state index in [0.29, 0.717) is 5.56 Å². The molecule has 0 fully saturated rings. The monoisotopic (exact) mass is 374 g/mol.